The van der Waals surface area contributed by atoms with Crippen molar-refractivity contribution in [3.8, 4) is 5.69 Å². The van der Waals surface area contributed by atoms with E-state index in [1.54, 1.807) is 32.9 Å². The largest absolute Gasteiger partial charge is 0.463 e. The quantitative estimate of drug-likeness (QED) is 0.814. The molecule has 0 spiro atoms. The van der Waals surface area contributed by atoms with Gasteiger partial charge in [-0.1, -0.05) is 0 Å². The van der Waals surface area contributed by atoms with E-state index >= 15 is 0 Å². The second kappa shape index (κ2) is 7.67. The lowest BCUT2D eigenvalue weighted by atomic mass is 10.3. The number of nitrogens with one attached hydrogen (secondary N) is 1. The lowest BCUT2D eigenvalue weighted by molar-refractivity contribution is -0.147. The van der Waals surface area contributed by atoms with Crippen LogP contribution in [0.5, 0.6) is 0 Å². The Morgan fingerprint density at radius 3 is 2.58 bits per heavy atom. The van der Waals surface area contributed by atoms with Gasteiger partial charge in [0.1, 0.15) is 11.6 Å². The normalized spacial score (nSPS) is 10.7. The van der Waals surface area contributed by atoms with Crippen molar-refractivity contribution in [2.75, 3.05) is 6.54 Å². The molecule has 0 unspecified atom stereocenters. The number of nitrogens with zero attached hydrogens (tertiary/aromatic N) is 3. The molecule has 1 aromatic heterocycles. The number of benzene rings is 1. The number of rotatable bonds is 6. The number of esters is 1. The first-order chi connectivity index (χ1) is 11.4. The number of carbonyl (C=O) groups excluding carboxylic acids is 2. The van der Waals surface area contributed by atoms with Crippen LogP contribution in [0.15, 0.2) is 24.3 Å². The molecular formula is C16H19FN4O3. The van der Waals surface area contributed by atoms with E-state index in [0.717, 1.165) is 0 Å². The molecule has 24 heavy (non-hydrogen) atoms. The summed E-state index contributed by atoms with van der Waals surface area (Å²) in [6.45, 7) is 5.33. The van der Waals surface area contributed by atoms with Crippen LogP contribution in [0.25, 0.3) is 5.69 Å². The van der Waals surface area contributed by atoms with Crippen LogP contribution in [0.3, 0.4) is 0 Å². The maximum atomic E-state index is 13.0. The molecule has 0 saturated carbocycles. The lowest BCUT2D eigenvalue weighted by Crippen LogP contribution is -2.28. The summed E-state index contributed by atoms with van der Waals surface area (Å²) >= 11 is 0. The Morgan fingerprint density at radius 1 is 1.29 bits per heavy atom. The zero-order valence-electron chi connectivity index (χ0n) is 13.7. The topological polar surface area (TPSA) is 86.1 Å². The second-order valence-corrected chi connectivity index (χ2v) is 5.42. The zero-order valence-corrected chi connectivity index (χ0v) is 13.7. The van der Waals surface area contributed by atoms with Gasteiger partial charge in [0.15, 0.2) is 0 Å². The third-order valence-electron chi connectivity index (χ3n) is 3.03. The molecule has 0 radical (unpaired) electrons. The summed E-state index contributed by atoms with van der Waals surface area (Å²) < 4.78 is 19.4. The van der Waals surface area contributed by atoms with Crippen molar-refractivity contribution in [2.24, 2.45) is 0 Å². The lowest BCUT2D eigenvalue weighted by Gasteiger charge is -2.07. The molecule has 0 saturated heterocycles. The molecule has 1 heterocycles. The average molecular weight is 334 g/mol. The van der Waals surface area contributed by atoms with E-state index in [2.05, 4.69) is 15.4 Å². The predicted octanol–water partition coefficient (Wildman–Crippen LogP) is 1.79. The number of aryl methyl sites for hydroxylation is 1. The molecule has 1 aromatic carbocycles. The van der Waals surface area contributed by atoms with Gasteiger partial charge in [-0.25, -0.2) is 14.1 Å². The van der Waals surface area contributed by atoms with Crippen molar-refractivity contribution >= 4 is 11.9 Å². The van der Waals surface area contributed by atoms with Gasteiger partial charge in [0.25, 0.3) is 5.91 Å². The van der Waals surface area contributed by atoms with Crippen LogP contribution in [0, 0.1) is 12.7 Å². The van der Waals surface area contributed by atoms with Crippen molar-refractivity contribution in [2.45, 2.75) is 33.3 Å². The number of halogens is 1. The number of hydrogen-bond acceptors (Lipinski definition) is 5. The number of aromatic nitrogens is 3. The van der Waals surface area contributed by atoms with Crippen molar-refractivity contribution in [3.05, 3.63) is 41.7 Å². The van der Waals surface area contributed by atoms with Crippen LogP contribution >= 0.6 is 0 Å². The molecular weight excluding hydrogens is 315 g/mol. The van der Waals surface area contributed by atoms with Gasteiger partial charge in [-0.3, -0.25) is 9.59 Å². The Morgan fingerprint density at radius 2 is 1.96 bits per heavy atom. The number of hydrogen-bond donors (Lipinski definition) is 1. The predicted molar refractivity (Wildman–Crippen MR) is 84.2 cm³/mol. The Bertz CT molecular complexity index is 725. The molecule has 2 rings (SSSR count). The van der Waals surface area contributed by atoms with Gasteiger partial charge < -0.3 is 10.1 Å². The van der Waals surface area contributed by atoms with E-state index in [-0.39, 0.29) is 36.7 Å². The van der Waals surface area contributed by atoms with Gasteiger partial charge in [-0.2, -0.15) is 0 Å². The number of ether oxygens (including phenoxy) is 1. The molecule has 0 bridgehead atoms. The fourth-order valence-corrected chi connectivity index (χ4v) is 1.99. The van der Waals surface area contributed by atoms with E-state index in [4.69, 9.17) is 4.74 Å². The fourth-order valence-electron chi connectivity index (χ4n) is 1.99. The van der Waals surface area contributed by atoms with Gasteiger partial charge in [0.2, 0.25) is 5.82 Å². The molecule has 0 aliphatic heterocycles. The van der Waals surface area contributed by atoms with Gasteiger partial charge in [-0.05, 0) is 45.0 Å². The van der Waals surface area contributed by atoms with Gasteiger partial charge in [0.05, 0.1) is 18.2 Å². The summed E-state index contributed by atoms with van der Waals surface area (Å²) in [5, 5.41) is 6.68. The van der Waals surface area contributed by atoms with Gasteiger partial charge in [0, 0.05) is 6.54 Å². The van der Waals surface area contributed by atoms with Crippen molar-refractivity contribution in [1.29, 1.82) is 0 Å². The third kappa shape index (κ3) is 4.61. The van der Waals surface area contributed by atoms with Gasteiger partial charge >= 0.3 is 5.97 Å². The number of amides is 1. The molecule has 0 fully saturated rings. The summed E-state index contributed by atoms with van der Waals surface area (Å²) in [4.78, 5) is 27.5. The smallest absolute Gasteiger partial charge is 0.307 e. The first-order valence-electron chi connectivity index (χ1n) is 7.54. The van der Waals surface area contributed by atoms with E-state index < -0.39 is 5.91 Å². The molecule has 0 atom stereocenters. The third-order valence-corrected chi connectivity index (χ3v) is 3.03. The van der Waals surface area contributed by atoms with Crippen LogP contribution < -0.4 is 5.32 Å². The fraction of sp³-hybridized carbons (Fsp3) is 0.375. The molecule has 0 aliphatic rings. The zero-order chi connectivity index (χ0) is 17.7. The monoisotopic (exact) mass is 334 g/mol. The second-order valence-electron chi connectivity index (χ2n) is 5.42. The Labute approximate surface area is 138 Å². The average Bonchev–Trinajstić information content (AvgIpc) is 2.89. The van der Waals surface area contributed by atoms with Crippen LogP contribution in [0.4, 0.5) is 4.39 Å². The molecule has 7 nitrogen and oxygen atoms in total. The van der Waals surface area contributed by atoms with Crippen LogP contribution in [-0.2, 0) is 9.53 Å². The first kappa shape index (κ1) is 17.6. The molecule has 2 aromatic rings. The van der Waals surface area contributed by atoms with Gasteiger partial charge in [-0.15, -0.1) is 5.10 Å². The number of carbonyl (C=O) groups is 2. The van der Waals surface area contributed by atoms with E-state index in [0.29, 0.717) is 11.5 Å². The van der Waals surface area contributed by atoms with Crippen molar-refractivity contribution < 1.29 is 18.7 Å². The summed E-state index contributed by atoms with van der Waals surface area (Å²) in [7, 11) is 0. The highest BCUT2D eigenvalue weighted by molar-refractivity contribution is 5.90. The van der Waals surface area contributed by atoms with Crippen LogP contribution in [0.1, 0.15) is 36.7 Å². The van der Waals surface area contributed by atoms with Crippen LogP contribution in [0.2, 0.25) is 0 Å². The minimum Gasteiger partial charge on any atom is -0.463 e. The van der Waals surface area contributed by atoms with E-state index in [9.17, 15) is 14.0 Å². The first-order valence-corrected chi connectivity index (χ1v) is 7.54. The Hall–Kier alpha value is -2.77. The molecule has 128 valence electrons. The Kier molecular flexibility index (Phi) is 5.62. The summed E-state index contributed by atoms with van der Waals surface area (Å²) in [6.07, 6.45) is -0.120. The van der Waals surface area contributed by atoms with Crippen molar-refractivity contribution in [3.63, 3.8) is 0 Å². The highest BCUT2D eigenvalue weighted by Crippen LogP contribution is 2.10. The molecule has 8 heteroatoms. The summed E-state index contributed by atoms with van der Waals surface area (Å²) in [5.41, 5.74) is 0.598. The van der Waals surface area contributed by atoms with Crippen molar-refractivity contribution in [1.82, 2.24) is 20.1 Å². The highest BCUT2D eigenvalue weighted by atomic mass is 19.1. The maximum Gasteiger partial charge on any atom is 0.307 e. The molecule has 0 aliphatic carbocycles. The summed E-state index contributed by atoms with van der Waals surface area (Å²) in [6, 6.07) is 5.69. The molecule has 1 N–H and O–H groups in total. The standard InChI is InChI=1S/C16H19FN4O3/c1-10(2)24-14(22)8-9-18-16(23)15-19-11(3)21(20-15)13-6-4-12(17)5-7-13/h4-7,10H,8-9H2,1-3H3,(H,18,23). The minimum atomic E-state index is -0.490. The maximum absolute atomic E-state index is 13.0. The Balaban J connectivity index is 1.97. The summed E-state index contributed by atoms with van der Waals surface area (Å²) in [5.74, 6) is -0.759. The van der Waals surface area contributed by atoms with E-state index in [1.165, 1.54) is 16.8 Å². The molecule has 1 amide bonds. The highest BCUT2D eigenvalue weighted by Gasteiger charge is 2.15. The minimum absolute atomic E-state index is 0.0194. The van der Waals surface area contributed by atoms with Crippen LogP contribution in [-0.4, -0.2) is 39.3 Å². The SMILES string of the molecule is Cc1nc(C(=O)NCCC(=O)OC(C)C)nn1-c1ccc(F)cc1. The van der Waals surface area contributed by atoms with E-state index in [1.807, 2.05) is 0 Å².